The second kappa shape index (κ2) is 52.7. The third-order valence-electron chi connectivity index (χ3n) is 12.7. The molecule has 0 aromatic rings. The van der Waals surface area contributed by atoms with Gasteiger partial charge in [0.25, 0.3) is 0 Å². The van der Waals surface area contributed by atoms with Gasteiger partial charge in [0.2, 0.25) is 5.91 Å². The van der Waals surface area contributed by atoms with Crippen LogP contribution in [0.3, 0.4) is 0 Å². The summed E-state index contributed by atoms with van der Waals surface area (Å²) in [6.45, 7) is 4.84. The van der Waals surface area contributed by atoms with Crippen molar-refractivity contribution in [2.75, 3.05) is 13.2 Å². The molecule has 2 unspecified atom stereocenters. The molecule has 0 aliphatic carbocycles. The molecule has 6 heteroatoms. The lowest BCUT2D eigenvalue weighted by molar-refractivity contribution is -0.143. The zero-order valence-corrected chi connectivity index (χ0v) is 42.1. The van der Waals surface area contributed by atoms with Crippen molar-refractivity contribution in [3.05, 3.63) is 36.5 Å². The summed E-state index contributed by atoms with van der Waals surface area (Å²) in [6, 6.07) is -0.647. The Morgan fingerprint density at radius 1 is 0.444 bits per heavy atom. The minimum atomic E-state index is -0.861. The van der Waals surface area contributed by atoms with E-state index in [2.05, 4.69) is 43.5 Å². The minimum absolute atomic E-state index is 0.0342. The van der Waals surface area contributed by atoms with Gasteiger partial charge in [-0.25, -0.2) is 0 Å². The Kier molecular flexibility index (Phi) is 51.1. The van der Waals surface area contributed by atoms with Crippen LogP contribution in [0.1, 0.15) is 290 Å². The first kappa shape index (κ1) is 61.1. The summed E-state index contributed by atoms with van der Waals surface area (Å²) in [6.07, 6.45) is 64.3. The van der Waals surface area contributed by atoms with Crippen LogP contribution in [0.25, 0.3) is 0 Å². The van der Waals surface area contributed by atoms with Crippen LogP contribution in [0, 0.1) is 0 Å². The lowest BCUT2D eigenvalue weighted by Gasteiger charge is -2.20. The number of unbranched alkanes of at least 4 members (excludes halogenated alkanes) is 36. The number of rotatable bonds is 51. The smallest absolute Gasteiger partial charge is 0.305 e. The Balaban J connectivity index is 3.53. The Labute approximate surface area is 392 Å². The quantitative estimate of drug-likeness (QED) is 0.0321. The predicted molar refractivity (Wildman–Crippen MR) is 273 cm³/mol. The van der Waals surface area contributed by atoms with Crippen molar-refractivity contribution in [3.63, 3.8) is 0 Å². The number of aliphatic hydroxyl groups is 2. The highest BCUT2D eigenvalue weighted by atomic mass is 16.5. The van der Waals surface area contributed by atoms with Crippen molar-refractivity contribution in [1.29, 1.82) is 0 Å². The topological polar surface area (TPSA) is 95.9 Å². The van der Waals surface area contributed by atoms with Gasteiger partial charge in [0, 0.05) is 12.8 Å². The summed E-state index contributed by atoms with van der Waals surface area (Å²) in [4.78, 5) is 24.5. The van der Waals surface area contributed by atoms with Crippen LogP contribution < -0.4 is 5.32 Å². The van der Waals surface area contributed by atoms with Crippen LogP contribution in [0.15, 0.2) is 36.5 Å². The third-order valence-corrected chi connectivity index (χ3v) is 12.7. The molecular weight excluding hydrogens is 779 g/mol. The molecule has 0 heterocycles. The Bertz CT molecular complexity index is 1020. The van der Waals surface area contributed by atoms with Gasteiger partial charge >= 0.3 is 5.97 Å². The number of carbonyl (C=O) groups is 2. The van der Waals surface area contributed by atoms with E-state index in [0.29, 0.717) is 19.4 Å². The molecule has 0 rings (SSSR count). The molecule has 0 fully saturated rings. The number of esters is 1. The molecule has 0 bridgehead atoms. The van der Waals surface area contributed by atoms with Crippen LogP contribution >= 0.6 is 0 Å². The highest BCUT2D eigenvalue weighted by Crippen LogP contribution is 2.16. The number of nitrogens with one attached hydrogen (secondary N) is 1. The Morgan fingerprint density at radius 2 is 0.794 bits per heavy atom. The van der Waals surface area contributed by atoms with Gasteiger partial charge in [0.15, 0.2) is 0 Å². The van der Waals surface area contributed by atoms with Crippen LogP contribution in [-0.2, 0) is 14.3 Å². The number of amides is 1. The molecule has 0 radical (unpaired) electrons. The van der Waals surface area contributed by atoms with Crippen LogP contribution in [0.4, 0.5) is 0 Å². The normalized spacial score (nSPS) is 12.9. The maximum absolute atomic E-state index is 12.5. The zero-order valence-electron chi connectivity index (χ0n) is 42.1. The molecular formula is C57H107NO5. The molecule has 0 aliphatic rings. The third kappa shape index (κ3) is 49.4. The molecule has 0 aromatic carbocycles. The molecule has 0 saturated heterocycles. The fourth-order valence-corrected chi connectivity index (χ4v) is 8.37. The molecule has 1 amide bonds. The van der Waals surface area contributed by atoms with Gasteiger partial charge in [0.05, 0.1) is 25.4 Å². The molecule has 6 nitrogen and oxygen atoms in total. The second-order valence-electron chi connectivity index (χ2n) is 18.9. The molecule has 0 aromatic heterocycles. The van der Waals surface area contributed by atoms with E-state index in [1.807, 2.05) is 6.08 Å². The van der Waals surface area contributed by atoms with Gasteiger partial charge in [-0.15, -0.1) is 0 Å². The van der Waals surface area contributed by atoms with Gasteiger partial charge in [-0.05, 0) is 64.2 Å². The van der Waals surface area contributed by atoms with E-state index < -0.39 is 12.1 Å². The minimum Gasteiger partial charge on any atom is -0.466 e. The van der Waals surface area contributed by atoms with Gasteiger partial charge in [-0.2, -0.15) is 0 Å². The summed E-state index contributed by atoms with van der Waals surface area (Å²) >= 11 is 0. The molecule has 0 saturated carbocycles. The summed E-state index contributed by atoms with van der Waals surface area (Å²) in [5.41, 5.74) is 0. The zero-order chi connectivity index (χ0) is 45.8. The van der Waals surface area contributed by atoms with Gasteiger partial charge < -0.3 is 20.3 Å². The number of ether oxygens (including phenoxy) is 1. The lowest BCUT2D eigenvalue weighted by Crippen LogP contribution is -2.45. The van der Waals surface area contributed by atoms with E-state index in [1.54, 1.807) is 6.08 Å². The summed E-state index contributed by atoms with van der Waals surface area (Å²) in [5.74, 6) is -0.125. The Morgan fingerprint density at radius 3 is 1.22 bits per heavy atom. The molecule has 3 N–H and O–H groups in total. The van der Waals surface area contributed by atoms with Crippen LogP contribution in [-0.4, -0.2) is 47.4 Å². The monoisotopic (exact) mass is 886 g/mol. The standard InChI is InChI=1S/C57H107NO5/c1-3-5-7-9-11-13-15-17-19-21-22-23-24-25-27-29-33-37-41-45-49-55(60)54(53-59)58-56(61)50-46-42-38-34-31-32-36-40-44-48-52-63-57(62)51-47-43-39-35-30-28-26-20-18-16-14-12-10-8-6-4-2/h14,16,20,26,45,49,54-55,59-60H,3-13,15,17-19,21-25,27-44,46-48,50-53H2,1-2H3,(H,58,61)/b16-14-,26-20-,49-45+. The lowest BCUT2D eigenvalue weighted by atomic mass is 10.0. The molecule has 2 atom stereocenters. The summed E-state index contributed by atoms with van der Waals surface area (Å²) in [5, 5.41) is 23.1. The van der Waals surface area contributed by atoms with Crippen molar-refractivity contribution in [3.8, 4) is 0 Å². The highest BCUT2D eigenvalue weighted by Gasteiger charge is 2.18. The van der Waals surface area contributed by atoms with Crippen molar-refractivity contribution in [2.24, 2.45) is 0 Å². The van der Waals surface area contributed by atoms with E-state index in [9.17, 15) is 19.8 Å². The van der Waals surface area contributed by atoms with Crippen LogP contribution in [0.2, 0.25) is 0 Å². The molecule has 0 spiro atoms. The Hall–Kier alpha value is -1.92. The first-order valence-electron chi connectivity index (χ1n) is 27.8. The van der Waals surface area contributed by atoms with E-state index in [0.717, 1.165) is 70.6 Å². The number of hydrogen-bond donors (Lipinski definition) is 3. The van der Waals surface area contributed by atoms with Crippen molar-refractivity contribution in [1.82, 2.24) is 5.32 Å². The predicted octanol–water partition coefficient (Wildman–Crippen LogP) is 16.9. The second-order valence-corrected chi connectivity index (χ2v) is 18.9. The largest absolute Gasteiger partial charge is 0.466 e. The maximum Gasteiger partial charge on any atom is 0.305 e. The first-order valence-corrected chi connectivity index (χ1v) is 27.8. The number of allylic oxidation sites excluding steroid dienone is 5. The SMILES string of the molecule is CCCCCC/C=C\C/C=C\CCCCCCCC(=O)OCCCCCCCCCCCCC(=O)NC(CO)C(O)/C=C/CCCCCCCCCCCCCCCCCCCC. The molecule has 63 heavy (non-hydrogen) atoms. The molecule has 370 valence electrons. The first-order chi connectivity index (χ1) is 31.0. The van der Waals surface area contributed by atoms with Crippen molar-refractivity contribution in [2.45, 2.75) is 302 Å². The number of hydrogen-bond acceptors (Lipinski definition) is 5. The van der Waals surface area contributed by atoms with Crippen molar-refractivity contribution >= 4 is 11.9 Å². The van der Waals surface area contributed by atoms with Crippen molar-refractivity contribution < 1.29 is 24.5 Å². The average molecular weight is 886 g/mol. The van der Waals surface area contributed by atoms with E-state index in [1.165, 1.54) is 193 Å². The van der Waals surface area contributed by atoms with Crippen LogP contribution in [0.5, 0.6) is 0 Å². The van der Waals surface area contributed by atoms with E-state index in [4.69, 9.17) is 4.74 Å². The van der Waals surface area contributed by atoms with E-state index >= 15 is 0 Å². The summed E-state index contributed by atoms with van der Waals surface area (Å²) < 4.78 is 5.45. The maximum atomic E-state index is 12.5. The number of carbonyl (C=O) groups excluding carboxylic acids is 2. The molecule has 0 aliphatic heterocycles. The number of aliphatic hydroxyl groups excluding tert-OH is 2. The van der Waals surface area contributed by atoms with Gasteiger partial charge in [-0.3, -0.25) is 9.59 Å². The van der Waals surface area contributed by atoms with Gasteiger partial charge in [-0.1, -0.05) is 249 Å². The van der Waals surface area contributed by atoms with E-state index in [-0.39, 0.29) is 18.5 Å². The fourth-order valence-electron chi connectivity index (χ4n) is 8.37. The van der Waals surface area contributed by atoms with Gasteiger partial charge in [0.1, 0.15) is 0 Å². The summed E-state index contributed by atoms with van der Waals surface area (Å²) in [7, 11) is 0. The highest BCUT2D eigenvalue weighted by molar-refractivity contribution is 5.76. The fraction of sp³-hybridized carbons (Fsp3) is 0.860. The average Bonchev–Trinajstić information content (AvgIpc) is 3.28.